The van der Waals surface area contributed by atoms with Gasteiger partial charge in [-0.15, -0.1) is 0 Å². The average molecular weight is 369 g/mol. The minimum atomic E-state index is 0.112. The predicted octanol–water partition coefficient (Wildman–Crippen LogP) is 1.75. The minimum absolute atomic E-state index is 0.112. The molecule has 0 spiro atoms. The van der Waals surface area contributed by atoms with Crippen molar-refractivity contribution in [3.63, 3.8) is 0 Å². The van der Waals surface area contributed by atoms with Crippen LogP contribution in [0.15, 0.2) is 18.5 Å². The Morgan fingerprint density at radius 1 is 1.11 bits per heavy atom. The van der Waals surface area contributed by atoms with Gasteiger partial charge in [0, 0.05) is 57.2 Å². The number of aryl methyl sites for hydroxylation is 1. The third-order valence-corrected chi connectivity index (χ3v) is 6.60. The molecule has 0 saturated carbocycles. The van der Waals surface area contributed by atoms with E-state index >= 15 is 0 Å². The highest BCUT2D eigenvalue weighted by atomic mass is 16.5. The van der Waals surface area contributed by atoms with E-state index in [0.717, 1.165) is 63.5 Å². The lowest BCUT2D eigenvalue weighted by molar-refractivity contribution is 0.0304. The Morgan fingerprint density at radius 2 is 1.96 bits per heavy atom. The monoisotopic (exact) mass is 369 g/mol. The van der Waals surface area contributed by atoms with Crippen LogP contribution >= 0.6 is 0 Å². The first-order chi connectivity index (χ1) is 13.2. The first kappa shape index (κ1) is 17.1. The molecule has 4 fully saturated rings. The molecule has 0 unspecified atom stereocenters. The van der Waals surface area contributed by atoms with Crippen molar-refractivity contribution in [2.24, 2.45) is 5.92 Å². The van der Waals surface area contributed by atoms with E-state index in [9.17, 15) is 4.79 Å². The number of aromatic nitrogens is 3. The van der Waals surface area contributed by atoms with E-state index in [4.69, 9.17) is 4.74 Å². The number of piperidine rings is 1. The third-order valence-electron chi connectivity index (χ3n) is 6.60. The van der Waals surface area contributed by atoms with Crippen molar-refractivity contribution in [3.8, 4) is 0 Å². The van der Waals surface area contributed by atoms with Gasteiger partial charge < -0.3 is 9.64 Å². The molecule has 27 heavy (non-hydrogen) atoms. The Balaban J connectivity index is 1.40. The Morgan fingerprint density at radius 3 is 2.81 bits per heavy atom. The van der Waals surface area contributed by atoms with Crippen molar-refractivity contribution in [1.82, 2.24) is 24.4 Å². The molecular formula is C20H27N5O2. The van der Waals surface area contributed by atoms with Crippen LogP contribution in [0.1, 0.15) is 41.7 Å². The van der Waals surface area contributed by atoms with E-state index in [1.54, 1.807) is 16.9 Å². The molecule has 7 heteroatoms. The van der Waals surface area contributed by atoms with Crippen LogP contribution in [0.5, 0.6) is 0 Å². The predicted molar refractivity (Wildman–Crippen MR) is 101 cm³/mol. The summed E-state index contributed by atoms with van der Waals surface area (Å²) < 4.78 is 7.31. The van der Waals surface area contributed by atoms with Crippen molar-refractivity contribution < 1.29 is 9.53 Å². The highest BCUT2D eigenvalue weighted by molar-refractivity contribution is 5.95. The summed E-state index contributed by atoms with van der Waals surface area (Å²) in [7, 11) is 0. The number of hydrogen-bond donors (Lipinski definition) is 0. The molecule has 2 aromatic rings. The van der Waals surface area contributed by atoms with Crippen LogP contribution in [0.2, 0.25) is 0 Å². The zero-order chi connectivity index (χ0) is 18.4. The van der Waals surface area contributed by atoms with Crippen molar-refractivity contribution in [1.29, 1.82) is 0 Å². The number of hydrogen-bond acceptors (Lipinski definition) is 5. The maximum atomic E-state index is 13.4. The van der Waals surface area contributed by atoms with Crippen LogP contribution in [0.25, 0.3) is 5.65 Å². The second-order valence-electron chi connectivity index (χ2n) is 8.21. The lowest BCUT2D eigenvalue weighted by atomic mass is 9.94. The molecule has 2 atom stereocenters. The summed E-state index contributed by atoms with van der Waals surface area (Å²) in [4.78, 5) is 22.6. The fourth-order valence-electron chi connectivity index (χ4n) is 5.07. The topological polar surface area (TPSA) is 63.0 Å². The smallest absolute Gasteiger partial charge is 0.257 e. The molecule has 1 amide bonds. The minimum Gasteiger partial charge on any atom is -0.381 e. The van der Waals surface area contributed by atoms with E-state index in [0.29, 0.717) is 23.6 Å². The Labute approximate surface area is 159 Å². The van der Waals surface area contributed by atoms with Gasteiger partial charge in [0.1, 0.15) is 0 Å². The van der Waals surface area contributed by atoms with Crippen molar-refractivity contribution in [2.75, 3.05) is 32.8 Å². The van der Waals surface area contributed by atoms with Gasteiger partial charge in [-0.25, -0.2) is 9.50 Å². The fourth-order valence-corrected chi connectivity index (χ4v) is 5.07. The summed E-state index contributed by atoms with van der Waals surface area (Å²) in [6.07, 6.45) is 8.02. The van der Waals surface area contributed by atoms with Crippen LogP contribution in [0.3, 0.4) is 0 Å². The zero-order valence-corrected chi connectivity index (χ0v) is 15.9. The standard InChI is InChI=1S/C20H27N5O2/c1-14-18(10-21-19-4-7-22-25(14)19)20(26)24-12-15-2-3-17(24)13-23(11-15)16-5-8-27-9-6-16/h4,7,10,15-17H,2-3,5-6,8-9,11-13H2,1H3/t15-,17+/m0/s1. The van der Waals surface area contributed by atoms with Gasteiger partial charge in [0.15, 0.2) is 5.65 Å². The molecule has 6 rings (SSSR count). The SMILES string of the molecule is Cc1c(C(=O)N2C[C@H]3CC[C@@H]2CN(C2CCOCC2)C3)cnc2ccnn12. The highest BCUT2D eigenvalue weighted by Crippen LogP contribution is 2.32. The maximum Gasteiger partial charge on any atom is 0.257 e. The van der Waals surface area contributed by atoms with E-state index in [1.165, 1.54) is 6.42 Å². The number of carbonyl (C=O) groups is 1. The van der Waals surface area contributed by atoms with Gasteiger partial charge in [0.2, 0.25) is 0 Å². The van der Waals surface area contributed by atoms with Crippen LogP contribution in [-0.4, -0.2) is 75.2 Å². The van der Waals surface area contributed by atoms with Gasteiger partial charge >= 0.3 is 0 Å². The molecular weight excluding hydrogens is 342 g/mol. The van der Waals surface area contributed by atoms with Crippen molar-refractivity contribution in [3.05, 3.63) is 29.7 Å². The molecule has 4 aliphatic heterocycles. The molecule has 0 radical (unpaired) electrons. The molecule has 6 heterocycles. The Bertz CT molecular complexity index is 844. The molecule has 2 bridgehead atoms. The van der Waals surface area contributed by atoms with E-state index in [-0.39, 0.29) is 5.91 Å². The van der Waals surface area contributed by atoms with E-state index < -0.39 is 0 Å². The molecule has 4 saturated heterocycles. The molecule has 2 aromatic heterocycles. The van der Waals surface area contributed by atoms with Gasteiger partial charge in [-0.2, -0.15) is 5.10 Å². The molecule has 0 aliphatic carbocycles. The number of amides is 1. The third kappa shape index (κ3) is 3.02. The van der Waals surface area contributed by atoms with Gasteiger partial charge in [-0.1, -0.05) is 0 Å². The van der Waals surface area contributed by atoms with E-state index in [1.807, 2.05) is 13.0 Å². The number of carbonyl (C=O) groups excluding carboxylic acids is 1. The van der Waals surface area contributed by atoms with Crippen molar-refractivity contribution >= 4 is 11.6 Å². The lowest BCUT2D eigenvalue weighted by Gasteiger charge is -2.37. The highest BCUT2D eigenvalue weighted by Gasteiger charge is 2.40. The largest absolute Gasteiger partial charge is 0.381 e. The first-order valence-electron chi connectivity index (χ1n) is 10.1. The summed E-state index contributed by atoms with van der Waals surface area (Å²) in [6, 6.07) is 2.77. The lowest BCUT2D eigenvalue weighted by Crippen LogP contribution is -2.48. The maximum absolute atomic E-state index is 13.4. The molecule has 0 N–H and O–H groups in total. The number of nitrogens with zero attached hydrogens (tertiary/aromatic N) is 5. The average Bonchev–Trinajstić information content (AvgIpc) is 3.00. The second-order valence-corrected chi connectivity index (χ2v) is 8.21. The zero-order valence-electron chi connectivity index (χ0n) is 15.9. The normalized spacial score (nSPS) is 27.2. The van der Waals surface area contributed by atoms with Gasteiger partial charge in [-0.3, -0.25) is 9.69 Å². The summed E-state index contributed by atoms with van der Waals surface area (Å²) >= 11 is 0. The number of ether oxygens (including phenoxy) is 1. The Kier molecular flexibility index (Phi) is 4.36. The quantitative estimate of drug-likeness (QED) is 0.807. The molecule has 4 aliphatic rings. The van der Waals surface area contributed by atoms with Crippen LogP contribution in [0.4, 0.5) is 0 Å². The second kappa shape index (κ2) is 6.87. The molecule has 7 nitrogen and oxygen atoms in total. The molecule has 0 aromatic carbocycles. The first-order valence-corrected chi connectivity index (χ1v) is 10.1. The van der Waals surface area contributed by atoms with Gasteiger partial charge in [0.05, 0.1) is 17.5 Å². The number of rotatable bonds is 2. The number of fused-ring (bicyclic) bond motifs is 5. The summed E-state index contributed by atoms with van der Waals surface area (Å²) in [5.74, 6) is 0.679. The summed E-state index contributed by atoms with van der Waals surface area (Å²) in [5, 5.41) is 4.31. The van der Waals surface area contributed by atoms with Gasteiger partial charge in [-0.05, 0) is 38.5 Å². The Hall–Kier alpha value is -1.99. The summed E-state index contributed by atoms with van der Waals surface area (Å²) in [5.41, 5.74) is 2.33. The van der Waals surface area contributed by atoms with Crippen LogP contribution in [-0.2, 0) is 4.74 Å². The van der Waals surface area contributed by atoms with Crippen LogP contribution in [0, 0.1) is 12.8 Å². The summed E-state index contributed by atoms with van der Waals surface area (Å²) in [6.45, 7) is 6.66. The fraction of sp³-hybridized carbons (Fsp3) is 0.650. The van der Waals surface area contributed by atoms with Crippen LogP contribution < -0.4 is 0 Å². The van der Waals surface area contributed by atoms with Gasteiger partial charge in [0.25, 0.3) is 5.91 Å². The van der Waals surface area contributed by atoms with E-state index in [2.05, 4.69) is 19.9 Å². The van der Waals surface area contributed by atoms with Crippen molar-refractivity contribution in [2.45, 2.75) is 44.7 Å². The molecule has 144 valence electrons.